The van der Waals surface area contributed by atoms with Crippen LogP contribution in [0.3, 0.4) is 0 Å². The summed E-state index contributed by atoms with van der Waals surface area (Å²) in [4.78, 5) is 12.4. The van der Waals surface area contributed by atoms with Gasteiger partial charge in [0.25, 0.3) is 0 Å². The highest BCUT2D eigenvalue weighted by molar-refractivity contribution is 9.10. The van der Waals surface area contributed by atoms with E-state index in [2.05, 4.69) is 31.8 Å². The van der Waals surface area contributed by atoms with Crippen LogP contribution in [0.1, 0.15) is 29.8 Å². The Bertz CT molecular complexity index is 825. The molecule has 0 aliphatic heterocycles. The van der Waals surface area contributed by atoms with Crippen molar-refractivity contribution in [3.05, 3.63) is 58.1 Å². The summed E-state index contributed by atoms with van der Waals surface area (Å²) in [5.74, 6) is 0.622. The molecule has 2 N–H and O–H groups in total. The van der Waals surface area contributed by atoms with Gasteiger partial charge in [0.2, 0.25) is 0 Å². The number of esters is 1. The molecule has 2 rings (SSSR count). The Morgan fingerprint density at radius 2 is 1.96 bits per heavy atom. The molecule has 8 heteroatoms. The summed E-state index contributed by atoms with van der Waals surface area (Å²) in [6.45, 7) is 5.10. The minimum Gasteiger partial charge on any atom is -0.494 e. The van der Waals surface area contributed by atoms with Crippen molar-refractivity contribution < 1.29 is 14.3 Å². The van der Waals surface area contributed by atoms with Gasteiger partial charge in [-0.05, 0) is 68.5 Å². The zero-order chi connectivity index (χ0) is 19.6. The second-order valence-electron chi connectivity index (χ2n) is 5.26. The molecule has 0 saturated carbocycles. The van der Waals surface area contributed by atoms with Crippen LogP contribution in [0.2, 0.25) is 0 Å². The highest BCUT2D eigenvalue weighted by Gasteiger charge is 2.12. The molecule has 0 fully saturated rings. The lowest BCUT2D eigenvalue weighted by atomic mass is 10.2. The number of benzene rings is 2. The molecule has 0 saturated heterocycles. The Balaban J connectivity index is 2.12. The van der Waals surface area contributed by atoms with Gasteiger partial charge in [0, 0.05) is 16.6 Å². The average molecular weight is 450 g/mol. The lowest BCUT2D eigenvalue weighted by Crippen LogP contribution is -2.31. The van der Waals surface area contributed by atoms with Crippen molar-refractivity contribution in [3.8, 4) is 11.5 Å². The Labute approximate surface area is 172 Å². The van der Waals surface area contributed by atoms with Crippen molar-refractivity contribution in [2.45, 2.75) is 13.8 Å². The molecule has 0 atom stereocenters. The van der Waals surface area contributed by atoms with Gasteiger partial charge in [0.1, 0.15) is 11.5 Å². The van der Waals surface area contributed by atoms with Crippen LogP contribution in [0, 0.1) is 0 Å². The van der Waals surface area contributed by atoms with Gasteiger partial charge in [-0.3, -0.25) is 5.43 Å². The molecule has 0 spiro atoms. The zero-order valence-electron chi connectivity index (χ0n) is 15.0. The van der Waals surface area contributed by atoms with Crippen LogP contribution in [-0.4, -0.2) is 30.4 Å². The molecule has 0 radical (unpaired) electrons. The first-order chi connectivity index (χ1) is 13.0. The third kappa shape index (κ3) is 6.65. The van der Waals surface area contributed by atoms with Crippen molar-refractivity contribution in [3.63, 3.8) is 0 Å². The third-order valence-electron chi connectivity index (χ3n) is 3.28. The number of hydrazone groups is 1. The lowest BCUT2D eigenvalue weighted by molar-refractivity contribution is 0.0734. The molecule has 2 aromatic carbocycles. The minimum absolute atomic E-state index is 0.386. The number of hydrogen-bond donors (Lipinski definition) is 2. The molecular weight excluding hydrogens is 430 g/mol. The topological polar surface area (TPSA) is 72.0 Å². The average Bonchev–Trinajstić information content (AvgIpc) is 2.65. The molecule has 0 heterocycles. The van der Waals surface area contributed by atoms with Gasteiger partial charge in [-0.25, -0.2) is 4.79 Å². The van der Waals surface area contributed by atoms with Gasteiger partial charge in [-0.1, -0.05) is 15.9 Å². The van der Waals surface area contributed by atoms with Crippen molar-refractivity contribution >= 4 is 45.4 Å². The van der Waals surface area contributed by atoms with Gasteiger partial charge in [0.15, 0.2) is 5.11 Å². The maximum Gasteiger partial charge on any atom is 0.343 e. The van der Waals surface area contributed by atoms with Crippen LogP contribution in [0.4, 0.5) is 0 Å². The molecule has 27 heavy (non-hydrogen) atoms. The zero-order valence-corrected chi connectivity index (χ0v) is 17.4. The first-order valence-electron chi connectivity index (χ1n) is 8.35. The monoisotopic (exact) mass is 449 g/mol. The number of halogens is 1. The molecule has 0 amide bonds. The number of nitrogens with one attached hydrogen (secondary N) is 2. The molecule has 6 nitrogen and oxygen atoms in total. The van der Waals surface area contributed by atoms with Crippen LogP contribution >= 0.6 is 28.1 Å². The molecule has 0 aliphatic carbocycles. The van der Waals surface area contributed by atoms with Crippen molar-refractivity contribution in [1.29, 1.82) is 0 Å². The Hall–Kier alpha value is -2.45. The minimum atomic E-state index is -0.467. The molecule has 0 aromatic heterocycles. The van der Waals surface area contributed by atoms with E-state index in [1.54, 1.807) is 42.5 Å². The quantitative estimate of drug-likeness (QED) is 0.219. The number of ether oxygens (including phenoxy) is 2. The third-order valence-corrected chi connectivity index (χ3v) is 4.01. The summed E-state index contributed by atoms with van der Waals surface area (Å²) in [5, 5.41) is 7.41. The van der Waals surface area contributed by atoms with Crippen LogP contribution in [0.5, 0.6) is 11.5 Å². The van der Waals surface area contributed by atoms with Crippen molar-refractivity contribution in [2.24, 2.45) is 5.10 Å². The summed E-state index contributed by atoms with van der Waals surface area (Å²) < 4.78 is 11.7. The second-order valence-corrected chi connectivity index (χ2v) is 6.58. The van der Waals surface area contributed by atoms with E-state index in [1.807, 2.05) is 13.8 Å². The molecule has 2 aromatic rings. The van der Waals surface area contributed by atoms with Crippen LogP contribution in [0.25, 0.3) is 0 Å². The fourth-order valence-electron chi connectivity index (χ4n) is 2.09. The van der Waals surface area contributed by atoms with E-state index in [-0.39, 0.29) is 0 Å². The standard InChI is InChI=1S/C19H20BrN3O3S/c1-3-21-19(27)23-22-12-14-11-15(20)7-10-17(14)26-18(24)13-5-8-16(9-6-13)25-4-2/h5-12H,3-4H2,1-2H3,(H2,21,23,27). The van der Waals surface area contributed by atoms with Gasteiger partial charge in [-0.15, -0.1) is 0 Å². The number of hydrogen-bond acceptors (Lipinski definition) is 5. The molecule has 142 valence electrons. The predicted molar refractivity (Wildman–Crippen MR) is 114 cm³/mol. The summed E-state index contributed by atoms with van der Waals surface area (Å²) >= 11 is 8.45. The largest absolute Gasteiger partial charge is 0.494 e. The lowest BCUT2D eigenvalue weighted by Gasteiger charge is -2.09. The van der Waals surface area contributed by atoms with E-state index in [0.29, 0.717) is 40.9 Å². The molecule has 0 unspecified atom stereocenters. The highest BCUT2D eigenvalue weighted by Crippen LogP contribution is 2.23. The van der Waals surface area contributed by atoms with E-state index in [1.165, 1.54) is 6.21 Å². The number of nitrogens with zero attached hydrogens (tertiary/aromatic N) is 1. The summed E-state index contributed by atoms with van der Waals surface area (Å²) in [5.41, 5.74) is 3.75. The van der Waals surface area contributed by atoms with E-state index in [0.717, 1.165) is 4.47 Å². The van der Waals surface area contributed by atoms with Gasteiger partial charge in [0.05, 0.1) is 18.4 Å². The summed E-state index contributed by atoms with van der Waals surface area (Å²) in [6, 6.07) is 12.1. The predicted octanol–water partition coefficient (Wildman–Crippen LogP) is 3.88. The van der Waals surface area contributed by atoms with E-state index in [4.69, 9.17) is 21.7 Å². The van der Waals surface area contributed by atoms with E-state index < -0.39 is 5.97 Å². The Morgan fingerprint density at radius 1 is 1.22 bits per heavy atom. The maximum atomic E-state index is 12.4. The van der Waals surface area contributed by atoms with Crippen LogP contribution in [-0.2, 0) is 0 Å². The number of thiocarbonyl (C=S) groups is 1. The highest BCUT2D eigenvalue weighted by atomic mass is 79.9. The van der Waals surface area contributed by atoms with Crippen LogP contribution in [0.15, 0.2) is 52.0 Å². The summed E-state index contributed by atoms with van der Waals surface area (Å²) in [7, 11) is 0. The van der Waals surface area contributed by atoms with Gasteiger partial charge < -0.3 is 14.8 Å². The summed E-state index contributed by atoms with van der Waals surface area (Å²) in [6.07, 6.45) is 1.54. The maximum absolute atomic E-state index is 12.4. The molecule has 0 bridgehead atoms. The number of rotatable bonds is 7. The number of carbonyl (C=O) groups excluding carboxylic acids is 1. The van der Waals surface area contributed by atoms with Crippen molar-refractivity contribution in [2.75, 3.05) is 13.2 Å². The molecular formula is C19H20BrN3O3S. The van der Waals surface area contributed by atoms with Crippen LogP contribution < -0.4 is 20.2 Å². The first kappa shape index (κ1) is 20.9. The normalized spacial score (nSPS) is 10.5. The number of carbonyl (C=O) groups is 1. The second kappa shape index (κ2) is 10.6. The molecule has 0 aliphatic rings. The van der Waals surface area contributed by atoms with Gasteiger partial charge in [-0.2, -0.15) is 5.10 Å². The van der Waals surface area contributed by atoms with E-state index in [9.17, 15) is 4.79 Å². The fraction of sp³-hybridized carbons (Fsp3) is 0.211. The SMILES string of the molecule is CCNC(=S)NN=Cc1cc(Br)ccc1OC(=O)c1ccc(OCC)cc1. The van der Waals surface area contributed by atoms with E-state index >= 15 is 0 Å². The van der Waals surface area contributed by atoms with Crippen molar-refractivity contribution in [1.82, 2.24) is 10.7 Å². The smallest absolute Gasteiger partial charge is 0.343 e. The fourth-order valence-corrected chi connectivity index (χ4v) is 2.66. The Morgan fingerprint density at radius 3 is 2.63 bits per heavy atom. The van der Waals surface area contributed by atoms with Gasteiger partial charge >= 0.3 is 5.97 Å². The first-order valence-corrected chi connectivity index (χ1v) is 9.55. The Kier molecular flexibility index (Phi) is 8.22.